The largest absolute Gasteiger partial charge is 0.497 e. The first kappa shape index (κ1) is 20.0. The highest BCUT2D eigenvalue weighted by Gasteiger charge is 2.34. The fraction of sp³-hybridized carbons (Fsp3) is 0.200. The van der Waals surface area contributed by atoms with Crippen LogP contribution in [0.1, 0.15) is 17.2 Å². The Bertz CT molecular complexity index is 944. The maximum Gasteiger partial charge on any atom is 0.338 e. The van der Waals surface area contributed by atoms with Crippen LogP contribution in [0.2, 0.25) is 5.02 Å². The fourth-order valence-corrected chi connectivity index (χ4v) is 3.37. The first-order chi connectivity index (χ1) is 13.5. The zero-order valence-electron chi connectivity index (χ0n) is 15.5. The first-order valence-corrected chi connectivity index (χ1v) is 9.15. The molecule has 0 aliphatic carbocycles. The summed E-state index contributed by atoms with van der Waals surface area (Å²) in [4.78, 5) is 12.7. The number of rotatable bonds is 5. The Hall–Kier alpha value is -2.77. The summed E-state index contributed by atoms with van der Waals surface area (Å²) in [5.41, 5.74) is 2.40. The number of hydrogen-bond acceptors (Lipinski definition) is 5. The second kappa shape index (κ2) is 8.50. The highest BCUT2D eigenvalue weighted by atomic mass is 35.5. The molecule has 0 bridgehead atoms. The normalized spacial score (nSPS) is 16.1. The molecule has 2 N–H and O–H groups in total. The van der Waals surface area contributed by atoms with Crippen LogP contribution in [0.5, 0.6) is 11.5 Å². The van der Waals surface area contributed by atoms with Crippen molar-refractivity contribution in [1.82, 2.24) is 10.6 Å². The Labute approximate surface area is 173 Å². The molecule has 0 saturated heterocycles. The third-order valence-corrected chi connectivity index (χ3v) is 4.83. The van der Waals surface area contributed by atoms with E-state index in [4.69, 9.17) is 38.0 Å². The number of methoxy groups -OCH3 is 3. The summed E-state index contributed by atoms with van der Waals surface area (Å²) >= 11 is 11.4. The molecule has 0 spiro atoms. The molecule has 146 valence electrons. The van der Waals surface area contributed by atoms with Crippen LogP contribution in [0.15, 0.2) is 48.0 Å². The van der Waals surface area contributed by atoms with Crippen LogP contribution in [0.4, 0.5) is 0 Å². The van der Waals surface area contributed by atoms with Gasteiger partial charge >= 0.3 is 5.97 Å². The van der Waals surface area contributed by atoms with E-state index >= 15 is 0 Å². The van der Waals surface area contributed by atoms with Gasteiger partial charge in [-0.2, -0.15) is 0 Å². The molecular formula is C20H19ClN2O4S. The van der Waals surface area contributed by atoms with Gasteiger partial charge in [0.2, 0.25) is 0 Å². The lowest BCUT2D eigenvalue weighted by atomic mass is 9.92. The molecule has 28 heavy (non-hydrogen) atoms. The molecule has 2 aromatic rings. The molecule has 0 aromatic heterocycles. The maximum atomic E-state index is 12.7. The second-order valence-electron chi connectivity index (χ2n) is 5.93. The van der Waals surface area contributed by atoms with Crippen molar-refractivity contribution < 1.29 is 19.0 Å². The van der Waals surface area contributed by atoms with Gasteiger partial charge in [0.05, 0.1) is 38.6 Å². The van der Waals surface area contributed by atoms with Crippen molar-refractivity contribution in [3.05, 3.63) is 64.2 Å². The van der Waals surface area contributed by atoms with Gasteiger partial charge in [0, 0.05) is 16.7 Å². The van der Waals surface area contributed by atoms with E-state index in [0.717, 1.165) is 11.1 Å². The number of ether oxygens (including phenoxy) is 3. The minimum Gasteiger partial charge on any atom is -0.497 e. The molecule has 2 aromatic carbocycles. The zero-order valence-corrected chi connectivity index (χ0v) is 17.1. The number of benzene rings is 2. The average molecular weight is 419 g/mol. The Balaban J connectivity index is 2.21. The summed E-state index contributed by atoms with van der Waals surface area (Å²) in [6.07, 6.45) is 0. The number of hydrogen-bond donors (Lipinski definition) is 2. The molecule has 6 nitrogen and oxygen atoms in total. The highest BCUT2D eigenvalue weighted by Crippen LogP contribution is 2.37. The minimum atomic E-state index is -0.576. The lowest BCUT2D eigenvalue weighted by Gasteiger charge is -2.31. The molecule has 1 heterocycles. The number of carbonyl (C=O) groups excluding carboxylic acids is 1. The van der Waals surface area contributed by atoms with Crippen molar-refractivity contribution in [2.45, 2.75) is 6.04 Å². The number of halogens is 1. The molecule has 0 amide bonds. The van der Waals surface area contributed by atoms with Crippen molar-refractivity contribution in [3.8, 4) is 11.5 Å². The van der Waals surface area contributed by atoms with Gasteiger partial charge < -0.3 is 24.8 Å². The van der Waals surface area contributed by atoms with E-state index in [-0.39, 0.29) is 0 Å². The summed E-state index contributed by atoms with van der Waals surface area (Å²) in [7, 11) is 4.47. The molecule has 0 saturated carbocycles. The van der Waals surface area contributed by atoms with Crippen LogP contribution >= 0.6 is 23.8 Å². The zero-order chi connectivity index (χ0) is 20.3. The van der Waals surface area contributed by atoms with Gasteiger partial charge in [0.15, 0.2) is 5.11 Å². The summed E-state index contributed by atoms with van der Waals surface area (Å²) in [6.45, 7) is 0. The van der Waals surface area contributed by atoms with Crippen LogP contribution in [-0.4, -0.2) is 32.4 Å². The second-order valence-corrected chi connectivity index (χ2v) is 6.77. The van der Waals surface area contributed by atoms with E-state index < -0.39 is 12.0 Å². The lowest BCUT2D eigenvalue weighted by molar-refractivity contribution is -0.136. The standard InChI is InChI=1S/C20H19ClN2O4S/c1-25-13-8-9-14(15(10-13)26-2)18-16(19(24)27-3)17(22-20(28)23-18)11-4-6-12(21)7-5-11/h4-10,18H,1-3H3,(H2,22,23,28)/t18-/m0/s1. The van der Waals surface area contributed by atoms with E-state index in [9.17, 15) is 4.79 Å². The Morgan fingerprint density at radius 3 is 2.39 bits per heavy atom. The number of carbonyl (C=O) groups is 1. The summed E-state index contributed by atoms with van der Waals surface area (Å²) in [6, 6.07) is 11.9. The molecule has 1 aliphatic heterocycles. The third kappa shape index (κ3) is 3.90. The lowest BCUT2D eigenvalue weighted by Crippen LogP contribution is -2.45. The van der Waals surface area contributed by atoms with Gasteiger partial charge in [0.1, 0.15) is 11.5 Å². The van der Waals surface area contributed by atoms with Crippen LogP contribution in [-0.2, 0) is 9.53 Å². The minimum absolute atomic E-state index is 0.375. The summed E-state index contributed by atoms with van der Waals surface area (Å²) in [5.74, 6) is 0.701. The van der Waals surface area contributed by atoms with E-state index in [1.54, 1.807) is 38.5 Å². The first-order valence-electron chi connectivity index (χ1n) is 8.36. The molecule has 8 heteroatoms. The molecule has 0 radical (unpaired) electrons. The summed E-state index contributed by atoms with van der Waals surface area (Å²) < 4.78 is 15.8. The predicted octanol–water partition coefficient (Wildman–Crippen LogP) is 3.46. The van der Waals surface area contributed by atoms with Crippen molar-refractivity contribution in [3.63, 3.8) is 0 Å². The van der Waals surface area contributed by atoms with Gasteiger partial charge in [0.25, 0.3) is 0 Å². The van der Waals surface area contributed by atoms with E-state index in [2.05, 4.69) is 10.6 Å². The molecule has 3 rings (SSSR count). The van der Waals surface area contributed by atoms with Crippen LogP contribution in [0, 0.1) is 0 Å². The van der Waals surface area contributed by atoms with Crippen LogP contribution < -0.4 is 20.1 Å². The third-order valence-electron chi connectivity index (χ3n) is 4.36. The summed E-state index contributed by atoms with van der Waals surface area (Å²) in [5, 5.41) is 7.17. The molecule has 0 unspecified atom stereocenters. The average Bonchev–Trinajstić information content (AvgIpc) is 2.72. The fourth-order valence-electron chi connectivity index (χ4n) is 3.03. The van der Waals surface area contributed by atoms with Crippen LogP contribution in [0.3, 0.4) is 0 Å². The SMILES string of the molecule is COC(=O)C1=C(c2ccc(Cl)cc2)NC(=S)N[C@H]1c1ccc(OC)cc1OC. The monoisotopic (exact) mass is 418 g/mol. The maximum absolute atomic E-state index is 12.7. The van der Waals surface area contributed by atoms with Crippen LogP contribution in [0.25, 0.3) is 5.70 Å². The van der Waals surface area contributed by atoms with Crippen molar-refractivity contribution >= 4 is 40.6 Å². The quantitative estimate of drug-likeness (QED) is 0.569. The van der Waals surface area contributed by atoms with E-state index in [1.165, 1.54) is 7.11 Å². The van der Waals surface area contributed by atoms with Crippen molar-refractivity contribution in [2.75, 3.05) is 21.3 Å². The smallest absolute Gasteiger partial charge is 0.338 e. The predicted molar refractivity (Wildman–Crippen MR) is 112 cm³/mol. The number of esters is 1. The molecule has 0 fully saturated rings. The van der Waals surface area contributed by atoms with Gasteiger partial charge in [-0.05, 0) is 42.0 Å². The number of nitrogens with one attached hydrogen (secondary N) is 2. The van der Waals surface area contributed by atoms with Gasteiger partial charge in [-0.15, -0.1) is 0 Å². The highest BCUT2D eigenvalue weighted by molar-refractivity contribution is 7.80. The van der Waals surface area contributed by atoms with E-state index in [1.807, 2.05) is 18.2 Å². The van der Waals surface area contributed by atoms with Crippen molar-refractivity contribution in [1.29, 1.82) is 0 Å². The Morgan fingerprint density at radius 2 is 1.79 bits per heavy atom. The molecule has 1 aliphatic rings. The van der Waals surface area contributed by atoms with E-state index in [0.29, 0.717) is 32.9 Å². The molecular weight excluding hydrogens is 400 g/mol. The molecule has 1 atom stereocenters. The topological polar surface area (TPSA) is 68.8 Å². The van der Waals surface area contributed by atoms with Gasteiger partial charge in [-0.25, -0.2) is 4.79 Å². The van der Waals surface area contributed by atoms with Gasteiger partial charge in [-0.3, -0.25) is 0 Å². The Kier molecular flexibility index (Phi) is 6.06. The van der Waals surface area contributed by atoms with Gasteiger partial charge in [-0.1, -0.05) is 23.7 Å². The Morgan fingerprint density at radius 1 is 1.07 bits per heavy atom. The number of thiocarbonyl (C=S) groups is 1. The van der Waals surface area contributed by atoms with Crippen molar-refractivity contribution in [2.24, 2.45) is 0 Å².